The van der Waals surface area contributed by atoms with E-state index in [1.54, 1.807) is 12.1 Å². The second-order valence-corrected chi connectivity index (χ2v) is 7.35. The molecule has 0 bridgehead atoms. The summed E-state index contributed by atoms with van der Waals surface area (Å²) in [5, 5.41) is 2.86. The van der Waals surface area contributed by atoms with Gasteiger partial charge in [0.25, 0.3) is 0 Å². The predicted molar refractivity (Wildman–Crippen MR) is 104 cm³/mol. The van der Waals surface area contributed by atoms with E-state index in [-0.39, 0.29) is 29.4 Å². The van der Waals surface area contributed by atoms with Gasteiger partial charge in [0.1, 0.15) is 0 Å². The van der Waals surface area contributed by atoms with Gasteiger partial charge in [-0.25, -0.2) is 0 Å². The molecule has 1 aliphatic heterocycles. The Kier molecular flexibility index (Phi) is 8.64. The first kappa shape index (κ1) is 20.5. The first-order valence-corrected chi connectivity index (χ1v) is 10.2. The molecule has 0 spiro atoms. The number of piperidine rings is 1. The second-order valence-electron chi connectivity index (χ2n) is 6.36. The van der Waals surface area contributed by atoms with E-state index < -0.39 is 0 Å². The first-order valence-electron chi connectivity index (χ1n) is 9.04. The number of nitrogens with zero attached hydrogens (tertiary/aromatic N) is 1. The van der Waals surface area contributed by atoms with Gasteiger partial charge in [-0.05, 0) is 19.3 Å². The Labute approximate surface area is 158 Å². The molecule has 1 aliphatic rings. The molecular weight excluding hydrogens is 350 g/mol. The number of thioether (sulfide) groups is 1. The van der Waals surface area contributed by atoms with Gasteiger partial charge in [0.05, 0.1) is 11.5 Å². The summed E-state index contributed by atoms with van der Waals surface area (Å²) in [5.74, 6) is 0.572. The van der Waals surface area contributed by atoms with Crippen LogP contribution in [0.15, 0.2) is 30.3 Å². The van der Waals surface area contributed by atoms with Crippen molar-refractivity contribution < 1.29 is 14.4 Å². The molecular formula is C19H27N3O3S. The Balaban J connectivity index is 1.78. The minimum atomic E-state index is -0.0756. The lowest BCUT2D eigenvalue weighted by molar-refractivity contribution is -0.132. The maximum atomic E-state index is 12.6. The van der Waals surface area contributed by atoms with Gasteiger partial charge in [0, 0.05) is 37.7 Å². The van der Waals surface area contributed by atoms with E-state index in [2.05, 4.69) is 5.32 Å². The molecule has 0 saturated carbocycles. The van der Waals surface area contributed by atoms with Crippen molar-refractivity contribution in [1.29, 1.82) is 0 Å². The molecule has 1 heterocycles. The van der Waals surface area contributed by atoms with Crippen LogP contribution in [0, 0.1) is 0 Å². The summed E-state index contributed by atoms with van der Waals surface area (Å²) in [5.41, 5.74) is 6.05. The normalized spacial score (nSPS) is 17.0. The summed E-state index contributed by atoms with van der Waals surface area (Å²) in [6.07, 6.45) is 3.23. The maximum Gasteiger partial charge on any atom is 0.232 e. The minimum absolute atomic E-state index is 0.0309. The van der Waals surface area contributed by atoms with Gasteiger partial charge in [-0.3, -0.25) is 14.4 Å². The molecule has 1 aromatic carbocycles. The first-order chi connectivity index (χ1) is 12.6. The highest BCUT2D eigenvalue weighted by Gasteiger charge is 2.26. The lowest BCUT2D eigenvalue weighted by Crippen LogP contribution is -2.50. The Bertz CT molecular complexity index is 609. The Morgan fingerprint density at radius 2 is 1.92 bits per heavy atom. The molecule has 6 nitrogen and oxygen atoms in total. The van der Waals surface area contributed by atoms with Crippen LogP contribution in [0.5, 0.6) is 0 Å². The van der Waals surface area contributed by atoms with E-state index >= 15 is 0 Å². The molecule has 142 valence electrons. The van der Waals surface area contributed by atoms with Gasteiger partial charge < -0.3 is 16.0 Å². The largest absolute Gasteiger partial charge is 0.354 e. The van der Waals surface area contributed by atoms with E-state index in [1.165, 1.54) is 11.8 Å². The number of Topliss-reactive ketones (excluding diaryl/α,β-unsaturated/α-hetero) is 1. The zero-order chi connectivity index (χ0) is 18.8. The highest BCUT2D eigenvalue weighted by atomic mass is 32.2. The molecule has 26 heavy (non-hydrogen) atoms. The van der Waals surface area contributed by atoms with Crippen LogP contribution < -0.4 is 11.1 Å². The molecule has 3 N–H and O–H groups in total. The summed E-state index contributed by atoms with van der Waals surface area (Å²) in [4.78, 5) is 38.1. The van der Waals surface area contributed by atoms with E-state index in [1.807, 2.05) is 23.1 Å². The summed E-state index contributed by atoms with van der Waals surface area (Å²) in [7, 11) is 0. The topological polar surface area (TPSA) is 92.5 Å². The van der Waals surface area contributed by atoms with Crippen LogP contribution >= 0.6 is 11.8 Å². The highest BCUT2D eigenvalue weighted by molar-refractivity contribution is 8.00. The molecule has 0 aromatic heterocycles. The highest BCUT2D eigenvalue weighted by Crippen LogP contribution is 2.18. The standard InChI is InChI=1S/C19H27N3O3S/c20-10-9-18(24)21-12-16-8-4-5-11-22(16)19(25)14-26-13-17(23)15-6-2-1-3-7-15/h1-3,6-7,16H,4-5,8-14,20H2,(H,21,24). The van der Waals surface area contributed by atoms with Crippen LogP contribution in [0.25, 0.3) is 0 Å². The molecule has 1 saturated heterocycles. The molecule has 2 amide bonds. The number of ketones is 1. The fourth-order valence-electron chi connectivity index (χ4n) is 3.01. The lowest BCUT2D eigenvalue weighted by atomic mass is 10.0. The number of hydrogen-bond donors (Lipinski definition) is 2. The molecule has 1 aromatic rings. The number of nitrogens with two attached hydrogens (primary N) is 1. The monoisotopic (exact) mass is 377 g/mol. The summed E-state index contributed by atoms with van der Waals surface area (Å²) < 4.78 is 0. The molecule has 0 aliphatic carbocycles. The number of hydrogen-bond acceptors (Lipinski definition) is 5. The zero-order valence-electron chi connectivity index (χ0n) is 15.0. The number of nitrogens with one attached hydrogen (secondary N) is 1. The van der Waals surface area contributed by atoms with E-state index in [9.17, 15) is 14.4 Å². The molecule has 2 rings (SSSR count). The lowest BCUT2D eigenvalue weighted by Gasteiger charge is -2.36. The quantitative estimate of drug-likeness (QED) is 0.636. The van der Waals surface area contributed by atoms with Crippen LogP contribution in [0.4, 0.5) is 0 Å². The number of rotatable bonds is 9. The van der Waals surface area contributed by atoms with Gasteiger partial charge in [-0.15, -0.1) is 11.8 Å². The van der Waals surface area contributed by atoms with Gasteiger partial charge in [-0.1, -0.05) is 30.3 Å². The van der Waals surface area contributed by atoms with Crippen molar-refractivity contribution in [2.75, 3.05) is 31.1 Å². The third-order valence-corrected chi connectivity index (χ3v) is 5.33. The van der Waals surface area contributed by atoms with Crippen molar-refractivity contribution in [2.45, 2.75) is 31.7 Å². The third-order valence-electron chi connectivity index (χ3n) is 4.41. The van der Waals surface area contributed by atoms with Crippen LogP contribution in [0.1, 0.15) is 36.0 Å². The smallest absolute Gasteiger partial charge is 0.232 e. The molecule has 0 radical (unpaired) electrons. The average molecular weight is 378 g/mol. The van der Waals surface area contributed by atoms with Crippen molar-refractivity contribution >= 4 is 29.4 Å². The molecule has 1 unspecified atom stereocenters. The van der Waals surface area contributed by atoms with Crippen molar-refractivity contribution in [3.8, 4) is 0 Å². The van der Waals surface area contributed by atoms with E-state index in [4.69, 9.17) is 5.73 Å². The number of carbonyl (C=O) groups is 3. The van der Waals surface area contributed by atoms with E-state index in [0.717, 1.165) is 19.3 Å². The Morgan fingerprint density at radius 3 is 2.65 bits per heavy atom. The SMILES string of the molecule is NCCC(=O)NCC1CCCCN1C(=O)CSCC(=O)c1ccccc1. The third kappa shape index (κ3) is 6.46. The predicted octanol–water partition coefficient (Wildman–Crippen LogP) is 1.45. The molecule has 7 heteroatoms. The zero-order valence-corrected chi connectivity index (χ0v) is 15.8. The summed E-state index contributed by atoms with van der Waals surface area (Å²) in [6.45, 7) is 1.51. The van der Waals surface area contributed by atoms with Crippen LogP contribution in [-0.4, -0.2) is 59.7 Å². The van der Waals surface area contributed by atoms with Crippen LogP contribution in [0.3, 0.4) is 0 Å². The summed E-state index contributed by atoms with van der Waals surface area (Å²) >= 11 is 1.35. The van der Waals surface area contributed by atoms with Crippen LogP contribution in [0.2, 0.25) is 0 Å². The van der Waals surface area contributed by atoms with Crippen molar-refractivity contribution in [3.63, 3.8) is 0 Å². The Hall–Kier alpha value is -1.86. The average Bonchev–Trinajstić information content (AvgIpc) is 2.67. The van der Waals surface area contributed by atoms with Gasteiger partial charge in [0.2, 0.25) is 11.8 Å². The number of amides is 2. The molecule has 1 atom stereocenters. The van der Waals surface area contributed by atoms with Crippen LogP contribution in [-0.2, 0) is 9.59 Å². The number of carbonyl (C=O) groups excluding carboxylic acids is 3. The fraction of sp³-hybridized carbons (Fsp3) is 0.526. The van der Waals surface area contributed by atoms with E-state index in [0.29, 0.717) is 37.4 Å². The van der Waals surface area contributed by atoms with Gasteiger partial charge >= 0.3 is 0 Å². The Morgan fingerprint density at radius 1 is 1.15 bits per heavy atom. The van der Waals surface area contributed by atoms with Crippen molar-refractivity contribution in [3.05, 3.63) is 35.9 Å². The van der Waals surface area contributed by atoms with Crippen molar-refractivity contribution in [2.24, 2.45) is 5.73 Å². The number of benzene rings is 1. The second kappa shape index (κ2) is 11.0. The maximum absolute atomic E-state index is 12.6. The minimum Gasteiger partial charge on any atom is -0.354 e. The molecule has 1 fully saturated rings. The summed E-state index contributed by atoms with van der Waals surface area (Å²) in [6, 6.07) is 9.14. The van der Waals surface area contributed by atoms with Gasteiger partial charge in [-0.2, -0.15) is 0 Å². The van der Waals surface area contributed by atoms with Gasteiger partial charge in [0.15, 0.2) is 5.78 Å². The van der Waals surface area contributed by atoms with Crippen molar-refractivity contribution in [1.82, 2.24) is 10.2 Å². The fourth-order valence-corrected chi connectivity index (χ4v) is 3.81. The number of likely N-dealkylation sites (tertiary alicyclic amines) is 1.